The summed E-state index contributed by atoms with van der Waals surface area (Å²) in [6.07, 6.45) is 0. The summed E-state index contributed by atoms with van der Waals surface area (Å²) in [6.45, 7) is 8.79. The zero-order valence-corrected chi connectivity index (χ0v) is 24.2. The summed E-state index contributed by atoms with van der Waals surface area (Å²) in [5.74, 6) is -0.566. The van der Waals surface area contributed by atoms with Crippen LogP contribution in [0.4, 0.5) is 5.69 Å². The number of hydrogen-bond donors (Lipinski definition) is 1. The number of sulfonamides is 1. The maximum Gasteiger partial charge on any atom is 0.264 e. The van der Waals surface area contributed by atoms with E-state index in [1.165, 1.54) is 24.1 Å². The molecule has 208 valence electrons. The van der Waals surface area contributed by atoms with E-state index < -0.39 is 34.1 Å². The van der Waals surface area contributed by atoms with Crippen LogP contribution in [0, 0.1) is 6.92 Å². The molecule has 8 nitrogen and oxygen atoms in total. The topological polar surface area (TPSA) is 96.0 Å². The number of anilines is 1. The van der Waals surface area contributed by atoms with E-state index in [4.69, 9.17) is 4.74 Å². The van der Waals surface area contributed by atoms with E-state index in [9.17, 15) is 18.0 Å². The first kappa shape index (κ1) is 29.7. The van der Waals surface area contributed by atoms with Crippen LogP contribution in [0.3, 0.4) is 0 Å². The lowest BCUT2D eigenvalue weighted by atomic mass is 10.1. The smallest absolute Gasteiger partial charge is 0.264 e. The zero-order valence-electron chi connectivity index (χ0n) is 23.3. The van der Waals surface area contributed by atoms with Crippen LogP contribution in [0.5, 0.6) is 5.75 Å². The Bertz CT molecular complexity index is 1380. The molecule has 0 bridgehead atoms. The van der Waals surface area contributed by atoms with Gasteiger partial charge in [-0.25, -0.2) is 8.42 Å². The molecule has 0 aliphatic rings. The van der Waals surface area contributed by atoms with E-state index in [1.54, 1.807) is 49.4 Å². The van der Waals surface area contributed by atoms with Gasteiger partial charge in [0.2, 0.25) is 11.8 Å². The number of nitrogens with zero attached hydrogens (tertiary/aromatic N) is 2. The third kappa shape index (κ3) is 7.60. The van der Waals surface area contributed by atoms with E-state index in [0.717, 1.165) is 15.4 Å². The molecule has 0 aromatic heterocycles. The number of carbonyl (C=O) groups is 2. The fourth-order valence-electron chi connectivity index (χ4n) is 4.02. The predicted octanol–water partition coefficient (Wildman–Crippen LogP) is 4.53. The third-order valence-electron chi connectivity index (χ3n) is 6.10. The van der Waals surface area contributed by atoms with Crippen LogP contribution in [0.2, 0.25) is 0 Å². The van der Waals surface area contributed by atoms with Gasteiger partial charge in [-0.1, -0.05) is 60.2 Å². The van der Waals surface area contributed by atoms with Gasteiger partial charge >= 0.3 is 0 Å². The van der Waals surface area contributed by atoms with Gasteiger partial charge in [0.05, 0.1) is 17.7 Å². The average Bonchev–Trinajstić information content (AvgIpc) is 2.90. The number of methoxy groups -OCH3 is 1. The standard InChI is InChI=1S/C30H37N3O5S/c1-22-16-18-24(19-17-22)20-32(23(2)29(35)31-30(3,4)5)28(34)21-33(26-14-10-11-15-27(26)38-6)39(36,37)25-12-8-7-9-13-25/h7-19,23H,20-21H2,1-6H3,(H,31,35)/t23-/m1/s1. The number of rotatable bonds is 10. The second-order valence-electron chi connectivity index (χ2n) is 10.4. The molecule has 0 heterocycles. The second kappa shape index (κ2) is 12.3. The lowest BCUT2D eigenvalue weighted by molar-refractivity contribution is -0.140. The molecule has 1 atom stereocenters. The van der Waals surface area contributed by atoms with Crippen LogP contribution < -0.4 is 14.4 Å². The van der Waals surface area contributed by atoms with Crippen molar-refractivity contribution in [1.29, 1.82) is 0 Å². The molecule has 0 radical (unpaired) electrons. The highest BCUT2D eigenvalue weighted by Gasteiger charge is 2.34. The normalized spacial score (nSPS) is 12.4. The van der Waals surface area contributed by atoms with E-state index in [1.807, 2.05) is 52.0 Å². The van der Waals surface area contributed by atoms with Gasteiger partial charge in [0.25, 0.3) is 10.0 Å². The molecule has 2 amide bonds. The molecule has 0 spiro atoms. The molecule has 3 rings (SSSR count). The molecule has 0 aliphatic carbocycles. The van der Waals surface area contributed by atoms with Crippen molar-refractivity contribution in [3.63, 3.8) is 0 Å². The molecule has 9 heteroatoms. The van der Waals surface area contributed by atoms with E-state index >= 15 is 0 Å². The highest BCUT2D eigenvalue weighted by Crippen LogP contribution is 2.32. The summed E-state index contributed by atoms with van der Waals surface area (Å²) in [7, 11) is -2.72. The minimum atomic E-state index is -4.16. The Kier molecular flexibility index (Phi) is 9.40. The Hall–Kier alpha value is -3.85. The van der Waals surface area contributed by atoms with Gasteiger partial charge in [-0.3, -0.25) is 13.9 Å². The minimum absolute atomic E-state index is 0.0346. The van der Waals surface area contributed by atoms with Crippen molar-refractivity contribution in [2.45, 2.75) is 57.6 Å². The first-order valence-electron chi connectivity index (χ1n) is 12.7. The number of carbonyl (C=O) groups excluding carboxylic acids is 2. The van der Waals surface area contributed by atoms with Crippen LogP contribution in [0.1, 0.15) is 38.8 Å². The van der Waals surface area contributed by atoms with Crippen LogP contribution in [-0.4, -0.2) is 50.4 Å². The van der Waals surface area contributed by atoms with Crippen molar-refractivity contribution < 1.29 is 22.7 Å². The van der Waals surface area contributed by atoms with Gasteiger partial charge < -0.3 is 15.0 Å². The Morgan fingerprint density at radius 2 is 1.51 bits per heavy atom. The Balaban J connectivity index is 2.06. The molecule has 39 heavy (non-hydrogen) atoms. The SMILES string of the molecule is COc1ccccc1N(CC(=O)N(Cc1ccc(C)cc1)[C@H](C)C(=O)NC(C)(C)C)S(=O)(=O)c1ccccc1. The summed E-state index contributed by atoms with van der Waals surface area (Å²) in [5, 5.41) is 2.92. The average molecular weight is 552 g/mol. The monoisotopic (exact) mass is 551 g/mol. The van der Waals surface area contributed by atoms with Gasteiger partial charge in [0, 0.05) is 12.1 Å². The first-order chi connectivity index (χ1) is 18.3. The van der Waals surface area contributed by atoms with Crippen molar-refractivity contribution in [2.75, 3.05) is 18.0 Å². The minimum Gasteiger partial charge on any atom is -0.495 e. The molecular formula is C30H37N3O5S. The van der Waals surface area contributed by atoms with Gasteiger partial charge in [0.1, 0.15) is 18.3 Å². The summed E-state index contributed by atoms with van der Waals surface area (Å²) in [5.41, 5.74) is 1.59. The van der Waals surface area contributed by atoms with Gasteiger partial charge in [-0.2, -0.15) is 0 Å². The number of ether oxygens (including phenoxy) is 1. The molecule has 0 unspecified atom stereocenters. The third-order valence-corrected chi connectivity index (χ3v) is 7.88. The summed E-state index contributed by atoms with van der Waals surface area (Å²) < 4.78 is 34.2. The molecule has 0 fully saturated rings. The van der Waals surface area contributed by atoms with Gasteiger partial charge in [-0.05, 0) is 64.4 Å². The number of nitrogens with one attached hydrogen (secondary N) is 1. The predicted molar refractivity (Wildman–Crippen MR) is 153 cm³/mol. The fraction of sp³-hybridized carbons (Fsp3) is 0.333. The zero-order chi connectivity index (χ0) is 28.8. The largest absolute Gasteiger partial charge is 0.495 e. The van der Waals surface area contributed by atoms with E-state index in [-0.39, 0.29) is 23.0 Å². The van der Waals surface area contributed by atoms with E-state index in [2.05, 4.69) is 5.32 Å². The molecule has 0 saturated carbocycles. The van der Waals surface area contributed by atoms with Crippen molar-refractivity contribution in [1.82, 2.24) is 10.2 Å². The summed E-state index contributed by atoms with van der Waals surface area (Å²) >= 11 is 0. The fourth-order valence-corrected chi connectivity index (χ4v) is 5.46. The maximum absolute atomic E-state index is 14.0. The van der Waals surface area contributed by atoms with Crippen molar-refractivity contribution in [3.8, 4) is 5.75 Å². The molecule has 0 saturated heterocycles. The van der Waals surface area contributed by atoms with Crippen LogP contribution in [0.15, 0.2) is 83.8 Å². The Morgan fingerprint density at radius 1 is 0.923 bits per heavy atom. The van der Waals surface area contributed by atoms with Crippen LogP contribution >= 0.6 is 0 Å². The van der Waals surface area contributed by atoms with Gasteiger partial charge in [0.15, 0.2) is 0 Å². The number of benzene rings is 3. The van der Waals surface area contributed by atoms with Crippen molar-refractivity contribution in [2.24, 2.45) is 0 Å². The van der Waals surface area contributed by atoms with Crippen LogP contribution in [-0.2, 0) is 26.2 Å². The Morgan fingerprint density at radius 3 is 2.10 bits per heavy atom. The summed E-state index contributed by atoms with van der Waals surface area (Å²) in [6, 6.07) is 21.3. The molecule has 1 N–H and O–H groups in total. The highest BCUT2D eigenvalue weighted by molar-refractivity contribution is 7.92. The lowest BCUT2D eigenvalue weighted by Crippen LogP contribution is -2.54. The number of aryl methyl sites for hydroxylation is 1. The summed E-state index contributed by atoms with van der Waals surface area (Å²) in [4.78, 5) is 28.6. The maximum atomic E-state index is 14.0. The molecule has 0 aliphatic heterocycles. The molecule has 3 aromatic rings. The number of hydrogen-bond acceptors (Lipinski definition) is 5. The van der Waals surface area contributed by atoms with Gasteiger partial charge in [-0.15, -0.1) is 0 Å². The Labute approximate surface area is 231 Å². The lowest BCUT2D eigenvalue weighted by Gasteiger charge is -2.33. The van der Waals surface area contributed by atoms with Crippen molar-refractivity contribution >= 4 is 27.5 Å². The number of para-hydroxylation sites is 2. The molecule has 3 aromatic carbocycles. The highest BCUT2D eigenvalue weighted by atomic mass is 32.2. The first-order valence-corrected chi connectivity index (χ1v) is 14.2. The van der Waals surface area contributed by atoms with Crippen molar-refractivity contribution in [3.05, 3.63) is 90.0 Å². The quantitative estimate of drug-likeness (QED) is 0.399. The van der Waals surface area contributed by atoms with E-state index in [0.29, 0.717) is 5.75 Å². The number of amides is 2. The second-order valence-corrected chi connectivity index (χ2v) is 12.3. The van der Waals surface area contributed by atoms with Crippen LogP contribution in [0.25, 0.3) is 0 Å². The molecular weight excluding hydrogens is 514 g/mol.